The van der Waals surface area contributed by atoms with Gasteiger partial charge in [-0.3, -0.25) is 34.9 Å². The van der Waals surface area contributed by atoms with E-state index in [0.29, 0.717) is 28.3 Å². The molecular formula is C19H16N6O6. The van der Waals surface area contributed by atoms with Crippen molar-refractivity contribution < 1.29 is 19.4 Å². The molecule has 0 aliphatic carbocycles. The van der Waals surface area contributed by atoms with E-state index in [0.717, 1.165) is 18.2 Å². The molecule has 158 valence electrons. The van der Waals surface area contributed by atoms with E-state index < -0.39 is 27.1 Å². The van der Waals surface area contributed by atoms with Gasteiger partial charge in [0.05, 0.1) is 38.6 Å². The van der Waals surface area contributed by atoms with Crippen LogP contribution in [0.3, 0.4) is 0 Å². The molecule has 0 aliphatic rings. The Balaban J connectivity index is 1.75. The van der Waals surface area contributed by atoms with Gasteiger partial charge < -0.3 is 10.6 Å². The van der Waals surface area contributed by atoms with Crippen LogP contribution in [-0.2, 0) is 0 Å². The lowest BCUT2D eigenvalue weighted by atomic mass is 10.1. The number of nitrogens with zero attached hydrogens (tertiary/aromatic N) is 3. The summed E-state index contributed by atoms with van der Waals surface area (Å²) in [6.45, 7) is 3.52. The topological polar surface area (TPSA) is 173 Å². The molecule has 31 heavy (non-hydrogen) atoms. The van der Waals surface area contributed by atoms with E-state index in [1.165, 1.54) is 24.3 Å². The molecule has 1 aromatic heterocycles. The second-order valence-corrected chi connectivity index (χ2v) is 6.55. The highest BCUT2D eigenvalue weighted by Crippen LogP contribution is 2.24. The average molecular weight is 424 g/mol. The van der Waals surface area contributed by atoms with Crippen molar-refractivity contribution in [3.05, 3.63) is 85.2 Å². The molecule has 12 nitrogen and oxygen atoms in total. The smallest absolute Gasteiger partial charge is 0.277 e. The van der Waals surface area contributed by atoms with Crippen molar-refractivity contribution in [2.75, 3.05) is 10.6 Å². The lowest BCUT2D eigenvalue weighted by molar-refractivity contribution is -0.394. The van der Waals surface area contributed by atoms with E-state index in [1.54, 1.807) is 13.8 Å². The van der Waals surface area contributed by atoms with Crippen LogP contribution in [0.2, 0.25) is 0 Å². The number of hydrogen-bond donors (Lipinski definition) is 3. The number of aromatic amines is 1. The molecule has 0 aliphatic heterocycles. The minimum Gasteiger partial charge on any atom is -0.322 e. The first kappa shape index (κ1) is 21.1. The van der Waals surface area contributed by atoms with Crippen LogP contribution in [-0.4, -0.2) is 31.9 Å². The fourth-order valence-electron chi connectivity index (χ4n) is 2.77. The van der Waals surface area contributed by atoms with Crippen LogP contribution < -0.4 is 10.6 Å². The molecule has 3 aromatic rings. The molecule has 3 N–H and O–H groups in total. The SMILES string of the molecule is Cc1n[nH]c(C)c1NC(=O)c1ccc(NC(=O)c2cc([N+](=O)[O-])cc([N+](=O)[O-])c2)cc1. The van der Waals surface area contributed by atoms with Gasteiger partial charge in [0.15, 0.2) is 0 Å². The molecule has 1 heterocycles. The maximum absolute atomic E-state index is 12.4. The van der Waals surface area contributed by atoms with Crippen LogP contribution >= 0.6 is 0 Å². The third-order valence-electron chi connectivity index (χ3n) is 4.36. The lowest BCUT2D eigenvalue weighted by Gasteiger charge is -2.08. The monoisotopic (exact) mass is 424 g/mol. The number of nitrogens with one attached hydrogen (secondary N) is 3. The molecule has 0 saturated carbocycles. The number of nitro groups is 2. The van der Waals surface area contributed by atoms with E-state index in [9.17, 15) is 29.8 Å². The third-order valence-corrected chi connectivity index (χ3v) is 4.36. The summed E-state index contributed by atoms with van der Waals surface area (Å²) in [4.78, 5) is 45.1. The van der Waals surface area contributed by atoms with Gasteiger partial charge in [0.1, 0.15) is 0 Å². The number of benzene rings is 2. The van der Waals surface area contributed by atoms with Gasteiger partial charge in [-0.05, 0) is 38.1 Å². The first-order valence-corrected chi connectivity index (χ1v) is 8.84. The predicted octanol–water partition coefficient (Wildman–Crippen LogP) is 3.35. The fourth-order valence-corrected chi connectivity index (χ4v) is 2.77. The number of H-pyrrole nitrogens is 1. The summed E-state index contributed by atoms with van der Waals surface area (Å²) in [6, 6.07) is 8.55. The number of nitro benzene ring substituents is 2. The average Bonchev–Trinajstić information content (AvgIpc) is 3.05. The highest BCUT2D eigenvalue weighted by Gasteiger charge is 2.20. The normalized spacial score (nSPS) is 10.4. The van der Waals surface area contributed by atoms with Crippen LogP contribution in [0.4, 0.5) is 22.7 Å². The zero-order valence-corrected chi connectivity index (χ0v) is 16.3. The number of hydrogen-bond acceptors (Lipinski definition) is 7. The van der Waals surface area contributed by atoms with Crippen LogP contribution in [0.25, 0.3) is 0 Å². The molecule has 0 spiro atoms. The van der Waals surface area contributed by atoms with E-state index in [4.69, 9.17) is 0 Å². The fraction of sp³-hybridized carbons (Fsp3) is 0.105. The first-order chi connectivity index (χ1) is 14.7. The molecule has 0 bridgehead atoms. The van der Waals surface area contributed by atoms with Crippen molar-refractivity contribution in [2.24, 2.45) is 0 Å². The van der Waals surface area contributed by atoms with E-state index >= 15 is 0 Å². The predicted molar refractivity (Wildman–Crippen MR) is 110 cm³/mol. The summed E-state index contributed by atoms with van der Waals surface area (Å²) in [7, 11) is 0. The molecule has 0 radical (unpaired) electrons. The van der Waals surface area contributed by atoms with Crippen LogP contribution in [0.1, 0.15) is 32.1 Å². The van der Waals surface area contributed by atoms with E-state index in [-0.39, 0.29) is 11.5 Å². The Labute approximate surface area is 174 Å². The van der Waals surface area contributed by atoms with Gasteiger partial charge in [-0.25, -0.2) is 0 Å². The number of amides is 2. The summed E-state index contributed by atoms with van der Waals surface area (Å²) in [5.41, 5.74) is 1.16. The number of carbonyl (C=O) groups excluding carboxylic acids is 2. The second kappa shape index (κ2) is 8.41. The Hall–Kier alpha value is -4.61. The van der Waals surface area contributed by atoms with Gasteiger partial charge >= 0.3 is 0 Å². The van der Waals surface area contributed by atoms with Gasteiger partial charge in [-0.2, -0.15) is 5.10 Å². The highest BCUT2D eigenvalue weighted by molar-refractivity contribution is 6.07. The lowest BCUT2D eigenvalue weighted by Crippen LogP contribution is -2.14. The van der Waals surface area contributed by atoms with Crippen LogP contribution in [0.15, 0.2) is 42.5 Å². The maximum Gasteiger partial charge on any atom is 0.277 e. The summed E-state index contributed by atoms with van der Waals surface area (Å²) >= 11 is 0. The number of rotatable bonds is 6. The minimum atomic E-state index is -0.819. The van der Waals surface area contributed by atoms with Crippen molar-refractivity contribution in [2.45, 2.75) is 13.8 Å². The standard InChI is InChI=1S/C19H16N6O6/c1-10-17(11(2)23-22-10)21-18(26)12-3-5-14(6-4-12)20-19(27)13-7-15(24(28)29)9-16(8-13)25(30)31/h3-9H,1-2H3,(H,20,27)(H,21,26)(H,22,23). The number of carbonyl (C=O) groups is 2. The Morgan fingerprint density at radius 3 is 1.90 bits per heavy atom. The van der Waals surface area contributed by atoms with Gasteiger partial charge in [0, 0.05) is 23.4 Å². The summed E-state index contributed by atoms with van der Waals surface area (Å²) in [6.07, 6.45) is 0. The number of non-ortho nitro benzene ring substituents is 2. The minimum absolute atomic E-state index is 0.242. The Bertz CT molecular complexity index is 1150. The van der Waals surface area contributed by atoms with Crippen molar-refractivity contribution in [1.82, 2.24) is 10.2 Å². The largest absolute Gasteiger partial charge is 0.322 e. The summed E-state index contributed by atoms with van der Waals surface area (Å²) in [5, 5.41) is 33.9. The first-order valence-electron chi connectivity index (χ1n) is 8.84. The molecule has 2 aromatic carbocycles. The van der Waals surface area contributed by atoms with Crippen molar-refractivity contribution >= 4 is 34.6 Å². The van der Waals surface area contributed by atoms with Crippen molar-refractivity contribution in [1.29, 1.82) is 0 Å². The Morgan fingerprint density at radius 1 is 0.871 bits per heavy atom. The zero-order chi connectivity index (χ0) is 22.7. The van der Waals surface area contributed by atoms with Gasteiger partial charge in [-0.1, -0.05) is 0 Å². The van der Waals surface area contributed by atoms with Gasteiger partial charge in [0.25, 0.3) is 23.2 Å². The molecule has 3 rings (SSSR count). The zero-order valence-electron chi connectivity index (χ0n) is 16.3. The molecule has 0 atom stereocenters. The molecule has 12 heteroatoms. The number of aromatic nitrogens is 2. The maximum atomic E-state index is 12.4. The molecule has 2 amide bonds. The summed E-state index contributed by atoms with van der Waals surface area (Å²) < 4.78 is 0. The Morgan fingerprint density at radius 2 is 1.42 bits per heavy atom. The molecule has 0 saturated heterocycles. The molecule has 0 fully saturated rings. The van der Waals surface area contributed by atoms with Crippen molar-refractivity contribution in [3.8, 4) is 0 Å². The van der Waals surface area contributed by atoms with Crippen LogP contribution in [0, 0.1) is 34.1 Å². The number of anilines is 2. The summed E-state index contributed by atoms with van der Waals surface area (Å²) in [5.74, 6) is -1.14. The quantitative estimate of drug-likeness (QED) is 0.402. The molecule has 0 unspecified atom stereocenters. The number of aryl methyl sites for hydroxylation is 2. The van der Waals surface area contributed by atoms with E-state index in [1.807, 2.05) is 0 Å². The highest BCUT2D eigenvalue weighted by atomic mass is 16.6. The Kier molecular flexibility index (Phi) is 5.72. The van der Waals surface area contributed by atoms with Crippen LogP contribution in [0.5, 0.6) is 0 Å². The second-order valence-electron chi connectivity index (χ2n) is 6.55. The molecular weight excluding hydrogens is 408 g/mol. The van der Waals surface area contributed by atoms with E-state index in [2.05, 4.69) is 20.8 Å². The third kappa shape index (κ3) is 4.70. The van der Waals surface area contributed by atoms with Gasteiger partial charge in [-0.15, -0.1) is 0 Å². The van der Waals surface area contributed by atoms with Crippen molar-refractivity contribution in [3.63, 3.8) is 0 Å². The van der Waals surface area contributed by atoms with Gasteiger partial charge in [0.2, 0.25) is 0 Å².